The highest BCUT2D eigenvalue weighted by atomic mass is 16.1. The Hall–Kier alpha value is -1.35. The van der Waals surface area contributed by atoms with E-state index in [4.69, 9.17) is 0 Å². The van der Waals surface area contributed by atoms with Gasteiger partial charge in [-0.2, -0.15) is 0 Å². The summed E-state index contributed by atoms with van der Waals surface area (Å²) < 4.78 is 0. The minimum absolute atomic E-state index is 0.170. The van der Waals surface area contributed by atoms with Crippen LogP contribution < -0.4 is 10.6 Å². The van der Waals surface area contributed by atoms with Gasteiger partial charge in [-0.25, -0.2) is 0 Å². The predicted molar refractivity (Wildman–Crippen MR) is 63.9 cm³/mol. The number of hydrogen-bond donors (Lipinski definition) is 2. The third kappa shape index (κ3) is 3.35. The van der Waals surface area contributed by atoms with Crippen molar-refractivity contribution in [3.63, 3.8) is 0 Å². The summed E-state index contributed by atoms with van der Waals surface area (Å²) in [4.78, 5) is 11.4. The largest absolute Gasteiger partial charge is 0.356 e. The number of amides is 1. The third-order valence-corrected chi connectivity index (χ3v) is 2.92. The number of carbonyl (C=O) groups excluding carboxylic acids is 1. The Labute approximate surface area is 96.2 Å². The van der Waals surface area contributed by atoms with Crippen LogP contribution >= 0.6 is 0 Å². The van der Waals surface area contributed by atoms with Crippen molar-refractivity contribution in [1.29, 1.82) is 0 Å². The second-order valence-electron chi connectivity index (χ2n) is 4.26. The van der Waals surface area contributed by atoms with Crippen LogP contribution in [-0.4, -0.2) is 18.5 Å². The number of nitrogens with one attached hydrogen (secondary N) is 2. The lowest BCUT2D eigenvalue weighted by molar-refractivity contribution is -0.121. The van der Waals surface area contributed by atoms with E-state index in [0.29, 0.717) is 12.5 Å². The first kappa shape index (κ1) is 11.1. The van der Waals surface area contributed by atoms with Gasteiger partial charge in [-0.15, -0.1) is 0 Å². The van der Waals surface area contributed by atoms with Crippen molar-refractivity contribution >= 4 is 5.91 Å². The maximum absolute atomic E-state index is 11.4. The lowest BCUT2D eigenvalue weighted by Gasteiger charge is -2.14. The highest BCUT2D eigenvalue weighted by Crippen LogP contribution is 2.07. The Balaban J connectivity index is 1.83. The zero-order valence-corrected chi connectivity index (χ0v) is 9.41. The van der Waals surface area contributed by atoms with Gasteiger partial charge < -0.3 is 10.6 Å². The van der Waals surface area contributed by atoms with Crippen molar-refractivity contribution in [2.45, 2.75) is 31.8 Å². The van der Waals surface area contributed by atoms with Crippen LogP contribution in [0.5, 0.6) is 0 Å². The zero-order valence-electron chi connectivity index (χ0n) is 9.41. The van der Waals surface area contributed by atoms with E-state index in [0.717, 1.165) is 25.9 Å². The van der Waals surface area contributed by atoms with Gasteiger partial charge in [-0.3, -0.25) is 4.79 Å². The number of benzene rings is 1. The van der Waals surface area contributed by atoms with Crippen LogP contribution in [0, 0.1) is 0 Å². The summed E-state index contributed by atoms with van der Waals surface area (Å²) in [6.45, 7) is 1.67. The maximum Gasteiger partial charge on any atom is 0.221 e. The number of carbonyl (C=O) groups is 1. The van der Waals surface area contributed by atoms with Crippen LogP contribution in [0.3, 0.4) is 0 Å². The molecule has 3 heteroatoms. The maximum atomic E-state index is 11.4. The van der Waals surface area contributed by atoms with Crippen LogP contribution in [0.2, 0.25) is 0 Å². The van der Waals surface area contributed by atoms with E-state index < -0.39 is 0 Å². The third-order valence-electron chi connectivity index (χ3n) is 2.92. The van der Waals surface area contributed by atoms with E-state index in [2.05, 4.69) is 22.8 Å². The fourth-order valence-corrected chi connectivity index (χ4v) is 2.01. The van der Waals surface area contributed by atoms with E-state index in [-0.39, 0.29) is 5.91 Å². The second-order valence-corrected chi connectivity index (χ2v) is 4.26. The van der Waals surface area contributed by atoms with Crippen LogP contribution in [0.15, 0.2) is 30.3 Å². The van der Waals surface area contributed by atoms with Crippen LogP contribution in [0.25, 0.3) is 0 Å². The molecule has 1 amide bonds. The van der Waals surface area contributed by atoms with Crippen LogP contribution in [-0.2, 0) is 11.3 Å². The van der Waals surface area contributed by atoms with Gasteiger partial charge >= 0.3 is 0 Å². The van der Waals surface area contributed by atoms with Crippen molar-refractivity contribution in [2.24, 2.45) is 0 Å². The highest BCUT2D eigenvalue weighted by Gasteiger charge is 2.16. The molecule has 1 aliphatic rings. The van der Waals surface area contributed by atoms with Gasteiger partial charge in [0.05, 0.1) is 0 Å². The summed E-state index contributed by atoms with van der Waals surface area (Å²) in [6, 6.07) is 10.6. The van der Waals surface area contributed by atoms with Gasteiger partial charge in [0.1, 0.15) is 0 Å². The average Bonchev–Trinajstić information content (AvgIpc) is 2.52. The minimum Gasteiger partial charge on any atom is -0.356 e. The molecule has 3 nitrogen and oxygen atoms in total. The molecule has 0 aliphatic carbocycles. The number of hydrogen-bond acceptors (Lipinski definition) is 2. The summed E-state index contributed by atoms with van der Waals surface area (Å²) in [5, 5.41) is 6.34. The molecule has 1 aromatic rings. The molecule has 1 saturated heterocycles. The summed E-state index contributed by atoms with van der Waals surface area (Å²) in [7, 11) is 0. The molecule has 0 saturated carbocycles. The SMILES string of the molecule is O=C1CC(NCc2ccccc2)CCCN1. The van der Waals surface area contributed by atoms with Crippen LogP contribution in [0.4, 0.5) is 0 Å². The summed E-state index contributed by atoms with van der Waals surface area (Å²) >= 11 is 0. The van der Waals surface area contributed by atoms with E-state index in [1.165, 1.54) is 5.56 Å². The monoisotopic (exact) mass is 218 g/mol. The standard InChI is InChI=1S/C13H18N2O/c16-13-9-12(7-4-8-14-13)15-10-11-5-2-1-3-6-11/h1-3,5-6,12,15H,4,7-10H2,(H,14,16). The van der Waals surface area contributed by atoms with E-state index in [1.807, 2.05) is 18.2 Å². The molecule has 1 fully saturated rings. The Morgan fingerprint density at radius 2 is 2.12 bits per heavy atom. The molecular formula is C13H18N2O. The van der Waals surface area contributed by atoms with Crippen molar-refractivity contribution in [3.05, 3.63) is 35.9 Å². The van der Waals surface area contributed by atoms with Gasteiger partial charge in [-0.1, -0.05) is 30.3 Å². The molecule has 1 heterocycles. The predicted octanol–water partition coefficient (Wildman–Crippen LogP) is 1.44. The second kappa shape index (κ2) is 5.66. The first-order chi connectivity index (χ1) is 7.84. The Morgan fingerprint density at radius 3 is 2.94 bits per heavy atom. The van der Waals surface area contributed by atoms with Crippen molar-refractivity contribution in [2.75, 3.05) is 6.54 Å². The molecule has 1 aromatic carbocycles. The van der Waals surface area contributed by atoms with E-state index >= 15 is 0 Å². The summed E-state index contributed by atoms with van der Waals surface area (Å²) in [6.07, 6.45) is 2.75. The van der Waals surface area contributed by atoms with E-state index in [9.17, 15) is 4.79 Å². The molecule has 0 bridgehead atoms. The van der Waals surface area contributed by atoms with Crippen LogP contribution in [0.1, 0.15) is 24.8 Å². The topological polar surface area (TPSA) is 41.1 Å². The van der Waals surface area contributed by atoms with Crippen molar-refractivity contribution < 1.29 is 4.79 Å². The lowest BCUT2D eigenvalue weighted by Crippen LogP contribution is -2.32. The molecule has 1 aliphatic heterocycles. The lowest BCUT2D eigenvalue weighted by atomic mass is 10.1. The molecule has 16 heavy (non-hydrogen) atoms. The molecule has 2 N–H and O–H groups in total. The number of rotatable bonds is 3. The first-order valence-corrected chi connectivity index (χ1v) is 5.88. The molecule has 86 valence electrons. The smallest absolute Gasteiger partial charge is 0.221 e. The fraction of sp³-hybridized carbons (Fsp3) is 0.462. The molecular weight excluding hydrogens is 200 g/mol. The van der Waals surface area contributed by atoms with Gasteiger partial charge in [0.2, 0.25) is 5.91 Å². The average molecular weight is 218 g/mol. The molecule has 1 atom stereocenters. The highest BCUT2D eigenvalue weighted by molar-refractivity contribution is 5.76. The van der Waals surface area contributed by atoms with Gasteiger partial charge in [-0.05, 0) is 18.4 Å². The summed E-state index contributed by atoms with van der Waals surface area (Å²) in [5.41, 5.74) is 1.27. The molecule has 0 spiro atoms. The van der Waals surface area contributed by atoms with Gasteiger partial charge in [0, 0.05) is 25.6 Å². The minimum atomic E-state index is 0.170. The summed E-state index contributed by atoms with van der Waals surface area (Å²) in [5.74, 6) is 0.170. The normalized spacial score (nSPS) is 21.2. The van der Waals surface area contributed by atoms with E-state index in [1.54, 1.807) is 0 Å². The zero-order chi connectivity index (χ0) is 11.2. The Kier molecular flexibility index (Phi) is 3.94. The van der Waals surface area contributed by atoms with Gasteiger partial charge in [0.15, 0.2) is 0 Å². The fourth-order valence-electron chi connectivity index (χ4n) is 2.01. The Morgan fingerprint density at radius 1 is 1.31 bits per heavy atom. The van der Waals surface area contributed by atoms with Gasteiger partial charge in [0.25, 0.3) is 0 Å². The molecule has 2 rings (SSSR count). The first-order valence-electron chi connectivity index (χ1n) is 5.88. The Bertz CT molecular complexity index is 337. The van der Waals surface area contributed by atoms with Crippen molar-refractivity contribution in [3.8, 4) is 0 Å². The molecule has 1 unspecified atom stereocenters. The molecule has 0 aromatic heterocycles. The quantitative estimate of drug-likeness (QED) is 0.806. The molecule has 0 radical (unpaired) electrons. The van der Waals surface area contributed by atoms with Crippen molar-refractivity contribution in [1.82, 2.24) is 10.6 Å².